The molecule has 17 heavy (non-hydrogen) atoms. The molecule has 1 rings (SSSR count). The molecular weight excluding hydrogens is 240 g/mol. The van der Waals surface area contributed by atoms with Crippen molar-refractivity contribution in [2.24, 2.45) is 5.73 Å². The van der Waals surface area contributed by atoms with Crippen LogP contribution in [0.2, 0.25) is 5.02 Å². The second-order valence-corrected chi connectivity index (χ2v) is 4.26. The summed E-state index contributed by atoms with van der Waals surface area (Å²) in [5.41, 5.74) is 6.67. The van der Waals surface area contributed by atoms with Crippen molar-refractivity contribution in [1.29, 1.82) is 0 Å². The number of carbonyl (C=O) groups excluding carboxylic acids is 1. The molecule has 1 aromatic rings. The maximum absolute atomic E-state index is 11.3. The molecule has 0 radical (unpaired) electrons. The van der Waals surface area contributed by atoms with Gasteiger partial charge in [-0.1, -0.05) is 17.7 Å². The molecular formula is C12H17ClN2O2. The summed E-state index contributed by atoms with van der Waals surface area (Å²) in [6, 6.07) is 5.22. The van der Waals surface area contributed by atoms with E-state index in [0.717, 1.165) is 5.56 Å². The highest BCUT2D eigenvalue weighted by Crippen LogP contribution is 2.28. The van der Waals surface area contributed by atoms with Crippen LogP contribution in [0, 0.1) is 0 Å². The summed E-state index contributed by atoms with van der Waals surface area (Å²) in [5.74, 6) is 0.282. The van der Waals surface area contributed by atoms with Gasteiger partial charge in [-0.05, 0) is 31.5 Å². The number of benzene rings is 1. The number of nitrogens with one attached hydrogen (secondary N) is 1. The first-order chi connectivity index (χ1) is 7.95. The minimum atomic E-state index is -0.585. The van der Waals surface area contributed by atoms with Gasteiger partial charge in [0, 0.05) is 13.1 Å². The van der Waals surface area contributed by atoms with Gasteiger partial charge in [-0.2, -0.15) is 0 Å². The van der Waals surface area contributed by atoms with Crippen LogP contribution in [0.15, 0.2) is 18.2 Å². The lowest BCUT2D eigenvalue weighted by atomic mass is 10.1. The first kappa shape index (κ1) is 13.8. The Labute approximate surface area is 106 Å². The van der Waals surface area contributed by atoms with Gasteiger partial charge in [-0.25, -0.2) is 0 Å². The van der Waals surface area contributed by atoms with Crippen molar-refractivity contribution in [3.63, 3.8) is 0 Å². The van der Waals surface area contributed by atoms with Gasteiger partial charge in [-0.3, -0.25) is 4.79 Å². The van der Waals surface area contributed by atoms with E-state index < -0.39 is 6.10 Å². The summed E-state index contributed by atoms with van der Waals surface area (Å²) in [4.78, 5) is 11.3. The predicted octanol–water partition coefficient (Wildman–Crippen LogP) is 1.87. The van der Waals surface area contributed by atoms with E-state index >= 15 is 0 Å². The SMILES string of the molecule is CNC(=O)C(C)Oc1ccc([C@@H](C)N)cc1Cl. The maximum atomic E-state index is 11.3. The largest absolute Gasteiger partial charge is 0.479 e. The molecule has 3 N–H and O–H groups in total. The summed E-state index contributed by atoms with van der Waals surface area (Å²) in [7, 11) is 1.56. The number of nitrogens with two attached hydrogens (primary N) is 1. The van der Waals surface area contributed by atoms with E-state index in [2.05, 4.69) is 5.32 Å². The average Bonchev–Trinajstić information content (AvgIpc) is 2.30. The van der Waals surface area contributed by atoms with Crippen molar-refractivity contribution >= 4 is 17.5 Å². The zero-order valence-corrected chi connectivity index (χ0v) is 10.9. The van der Waals surface area contributed by atoms with E-state index in [9.17, 15) is 4.79 Å². The number of halogens is 1. The Morgan fingerprint density at radius 3 is 2.59 bits per heavy atom. The maximum Gasteiger partial charge on any atom is 0.260 e. The number of ether oxygens (including phenoxy) is 1. The van der Waals surface area contributed by atoms with Crippen LogP contribution in [-0.4, -0.2) is 19.1 Å². The highest BCUT2D eigenvalue weighted by molar-refractivity contribution is 6.32. The van der Waals surface area contributed by atoms with Gasteiger partial charge in [0.1, 0.15) is 5.75 Å². The van der Waals surface area contributed by atoms with E-state index in [-0.39, 0.29) is 11.9 Å². The van der Waals surface area contributed by atoms with Crippen LogP contribution in [0.5, 0.6) is 5.75 Å². The number of amides is 1. The van der Waals surface area contributed by atoms with E-state index in [1.807, 2.05) is 13.0 Å². The number of rotatable bonds is 4. The number of hydrogen-bond donors (Lipinski definition) is 2. The summed E-state index contributed by atoms with van der Waals surface area (Å²) in [6.45, 7) is 3.54. The average molecular weight is 257 g/mol. The van der Waals surface area contributed by atoms with Crippen LogP contribution in [0.25, 0.3) is 0 Å². The molecule has 1 unspecified atom stereocenters. The molecule has 0 aliphatic heterocycles. The van der Waals surface area contributed by atoms with Gasteiger partial charge in [0.15, 0.2) is 6.10 Å². The molecule has 0 aliphatic rings. The molecule has 5 heteroatoms. The molecule has 94 valence electrons. The third-order valence-corrected chi connectivity index (χ3v) is 2.70. The van der Waals surface area contributed by atoms with E-state index in [4.69, 9.17) is 22.1 Å². The van der Waals surface area contributed by atoms with Gasteiger partial charge >= 0.3 is 0 Å². The van der Waals surface area contributed by atoms with Gasteiger partial charge in [0.2, 0.25) is 0 Å². The summed E-state index contributed by atoms with van der Waals surface area (Å²) in [6.07, 6.45) is -0.585. The Bertz CT molecular complexity index is 407. The van der Waals surface area contributed by atoms with Crippen molar-refractivity contribution in [1.82, 2.24) is 5.32 Å². The van der Waals surface area contributed by atoms with Crippen molar-refractivity contribution in [2.45, 2.75) is 26.0 Å². The molecule has 0 aromatic heterocycles. The highest BCUT2D eigenvalue weighted by Gasteiger charge is 2.14. The lowest BCUT2D eigenvalue weighted by Gasteiger charge is -2.15. The Morgan fingerprint density at radius 1 is 1.47 bits per heavy atom. The first-order valence-electron chi connectivity index (χ1n) is 5.39. The number of carbonyl (C=O) groups is 1. The molecule has 1 amide bonds. The van der Waals surface area contributed by atoms with Crippen LogP contribution in [0.1, 0.15) is 25.5 Å². The minimum Gasteiger partial charge on any atom is -0.479 e. The zero-order chi connectivity index (χ0) is 13.0. The molecule has 0 saturated carbocycles. The molecule has 0 saturated heterocycles. The third-order valence-electron chi connectivity index (χ3n) is 2.40. The van der Waals surface area contributed by atoms with Crippen molar-refractivity contribution in [3.8, 4) is 5.75 Å². The van der Waals surface area contributed by atoms with Crippen LogP contribution in [0.4, 0.5) is 0 Å². The molecule has 2 atom stereocenters. The molecule has 4 nitrogen and oxygen atoms in total. The Morgan fingerprint density at radius 2 is 2.12 bits per heavy atom. The summed E-state index contributed by atoms with van der Waals surface area (Å²) < 4.78 is 5.45. The number of hydrogen-bond acceptors (Lipinski definition) is 3. The zero-order valence-electron chi connectivity index (χ0n) is 10.2. The lowest BCUT2D eigenvalue weighted by Crippen LogP contribution is -2.33. The second kappa shape index (κ2) is 5.89. The van der Waals surface area contributed by atoms with Gasteiger partial charge in [-0.15, -0.1) is 0 Å². The van der Waals surface area contributed by atoms with Crippen LogP contribution < -0.4 is 15.8 Å². The molecule has 1 aromatic carbocycles. The quantitative estimate of drug-likeness (QED) is 0.865. The Hall–Kier alpha value is -1.26. The lowest BCUT2D eigenvalue weighted by molar-refractivity contribution is -0.126. The molecule has 0 heterocycles. The summed E-state index contributed by atoms with van der Waals surface area (Å²) in [5, 5.41) is 2.96. The van der Waals surface area contributed by atoms with E-state index in [1.165, 1.54) is 0 Å². The van der Waals surface area contributed by atoms with Crippen LogP contribution in [-0.2, 0) is 4.79 Å². The van der Waals surface area contributed by atoms with Gasteiger partial charge in [0.25, 0.3) is 5.91 Å². The van der Waals surface area contributed by atoms with Gasteiger partial charge < -0.3 is 15.8 Å². The minimum absolute atomic E-state index is 0.0853. The second-order valence-electron chi connectivity index (χ2n) is 3.85. The monoisotopic (exact) mass is 256 g/mol. The van der Waals surface area contributed by atoms with E-state index in [0.29, 0.717) is 10.8 Å². The topological polar surface area (TPSA) is 64.3 Å². The Kier molecular flexibility index (Phi) is 4.78. The van der Waals surface area contributed by atoms with E-state index in [1.54, 1.807) is 26.1 Å². The normalized spacial score (nSPS) is 13.9. The fraction of sp³-hybridized carbons (Fsp3) is 0.417. The smallest absolute Gasteiger partial charge is 0.260 e. The standard InChI is InChI=1S/C12H17ClN2O2/c1-7(14)9-4-5-11(10(13)6-9)17-8(2)12(16)15-3/h4-8H,14H2,1-3H3,(H,15,16)/t7-,8?/m1/s1. The van der Waals surface area contributed by atoms with Gasteiger partial charge in [0.05, 0.1) is 5.02 Å². The third kappa shape index (κ3) is 3.61. The fourth-order valence-electron chi connectivity index (χ4n) is 1.34. The molecule has 0 spiro atoms. The number of likely N-dealkylation sites (N-methyl/N-ethyl adjacent to an activating group) is 1. The molecule has 0 bridgehead atoms. The highest BCUT2D eigenvalue weighted by atomic mass is 35.5. The predicted molar refractivity (Wildman–Crippen MR) is 68.2 cm³/mol. The van der Waals surface area contributed by atoms with Crippen LogP contribution >= 0.6 is 11.6 Å². The van der Waals surface area contributed by atoms with Crippen molar-refractivity contribution < 1.29 is 9.53 Å². The molecule has 0 aliphatic carbocycles. The van der Waals surface area contributed by atoms with Crippen molar-refractivity contribution in [2.75, 3.05) is 7.05 Å². The Balaban J connectivity index is 2.83. The first-order valence-corrected chi connectivity index (χ1v) is 5.76. The molecule has 0 fully saturated rings. The van der Waals surface area contributed by atoms with Crippen molar-refractivity contribution in [3.05, 3.63) is 28.8 Å². The summed E-state index contributed by atoms with van der Waals surface area (Å²) >= 11 is 6.05. The van der Waals surface area contributed by atoms with Crippen LogP contribution in [0.3, 0.4) is 0 Å². The fourth-order valence-corrected chi connectivity index (χ4v) is 1.58.